The zero-order chi connectivity index (χ0) is 26.1. The second-order valence-electron chi connectivity index (χ2n) is 8.38. The van der Waals surface area contributed by atoms with Crippen LogP contribution in [0.25, 0.3) is 0 Å². The van der Waals surface area contributed by atoms with Gasteiger partial charge in [-0.25, -0.2) is 24.2 Å². The molecule has 4 amide bonds. The van der Waals surface area contributed by atoms with Crippen molar-refractivity contribution in [1.29, 1.82) is 0 Å². The van der Waals surface area contributed by atoms with Crippen LogP contribution in [0.1, 0.15) is 0 Å². The van der Waals surface area contributed by atoms with Gasteiger partial charge < -0.3 is 48.8 Å². The van der Waals surface area contributed by atoms with E-state index in [0.717, 1.165) is 0 Å². The number of carbonyl (C=O) groups is 3. The van der Waals surface area contributed by atoms with Gasteiger partial charge in [0.2, 0.25) is 0 Å². The molecule has 4 heterocycles. The Hall–Kier alpha value is -2.63. The third-order valence-corrected chi connectivity index (χ3v) is 6.28. The van der Waals surface area contributed by atoms with E-state index in [1.165, 1.54) is 12.2 Å². The minimum absolute atomic E-state index is 0.121. The third-order valence-electron chi connectivity index (χ3n) is 6.28. The fraction of sp³-hybridized carbons (Fsp3) is 0.667. The first-order chi connectivity index (χ1) is 17.3. The number of rotatable bonds is 8. The second kappa shape index (κ2) is 10.8. The molecule has 0 aromatic carbocycles. The highest BCUT2D eigenvalue weighted by atomic mass is 16.7. The van der Waals surface area contributed by atoms with Gasteiger partial charge in [-0.15, -0.1) is 13.2 Å². The Morgan fingerprint density at radius 2 is 1.17 bits per heavy atom. The van der Waals surface area contributed by atoms with E-state index in [0.29, 0.717) is 9.80 Å². The number of hydrogen-bond donors (Lipinski definition) is 4. The number of carbonyl (C=O) groups excluding carboxylic acids is 3. The maximum Gasteiger partial charge on any atom is 0.419 e. The summed E-state index contributed by atoms with van der Waals surface area (Å²) < 4.78 is 33.1. The van der Waals surface area contributed by atoms with Gasteiger partial charge in [-0.3, -0.25) is 0 Å². The summed E-state index contributed by atoms with van der Waals surface area (Å²) in [6, 6.07) is -4.33. The molecule has 4 rings (SSSR count). The normalized spacial score (nSPS) is 40.3. The molecule has 0 saturated carbocycles. The Balaban J connectivity index is 1.80. The van der Waals surface area contributed by atoms with E-state index in [1.54, 1.807) is 0 Å². The number of aliphatic hydroxyl groups is 4. The van der Waals surface area contributed by atoms with E-state index >= 15 is 0 Å². The number of ether oxygens (including phenoxy) is 6. The number of imide groups is 2. The largest absolute Gasteiger partial charge is 0.440 e. The summed E-state index contributed by atoms with van der Waals surface area (Å²) in [5.41, 5.74) is 0. The number of amides is 4. The molecule has 4 fully saturated rings. The molecule has 2 bridgehead atoms. The first kappa shape index (κ1) is 26.4. The van der Waals surface area contributed by atoms with Crippen LogP contribution in [0.5, 0.6) is 0 Å². The molecule has 200 valence electrons. The maximum absolute atomic E-state index is 13.7. The molecule has 4 saturated heterocycles. The molecule has 4 N–H and O–H groups in total. The van der Waals surface area contributed by atoms with Gasteiger partial charge in [0.15, 0.2) is 24.8 Å². The zero-order valence-corrected chi connectivity index (χ0v) is 19.0. The fourth-order valence-corrected chi connectivity index (χ4v) is 4.64. The van der Waals surface area contributed by atoms with Gasteiger partial charge in [-0.2, -0.15) is 0 Å². The predicted octanol–water partition coefficient (Wildman–Crippen LogP) is -1.95. The van der Waals surface area contributed by atoms with Crippen molar-refractivity contribution in [3.8, 4) is 0 Å². The lowest BCUT2D eigenvalue weighted by molar-refractivity contribution is -0.284. The second-order valence-corrected chi connectivity index (χ2v) is 8.38. The van der Waals surface area contributed by atoms with Gasteiger partial charge >= 0.3 is 18.2 Å². The van der Waals surface area contributed by atoms with Gasteiger partial charge in [-0.1, -0.05) is 12.2 Å². The Bertz CT molecular complexity index is 818. The number of nitrogens with zero attached hydrogens (tertiary/aromatic N) is 2. The molecule has 4 aliphatic heterocycles. The summed E-state index contributed by atoms with van der Waals surface area (Å²) >= 11 is 0. The van der Waals surface area contributed by atoms with Crippen LogP contribution in [0.15, 0.2) is 25.3 Å². The minimum Gasteiger partial charge on any atom is -0.440 e. The summed E-state index contributed by atoms with van der Waals surface area (Å²) in [6.45, 7) is 5.41. The lowest BCUT2D eigenvalue weighted by atomic mass is 9.95. The van der Waals surface area contributed by atoms with Crippen LogP contribution >= 0.6 is 0 Å². The molecule has 0 aromatic heterocycles. The number of aliphatic hydroxyl groups excluding tert-OH is 4. The summed E-state index contributed by atoms with van der Waals surface area (Å²) in [5.74, 6) is 0. The Morgan fingerprint density at radius 1 is 0.778 bits per heavy atom. The topological polar surface area (TPSA) is 194 Å². The Labute approximate surface area is 204 Å². The van der Waals surface area contributed by atoms with Crippen molar-refractivity contribution in [2.45, 2.75) is 61.3 Å². The van der Waals surface area contributed by atoms with Gasteiger partial charge in [0.05, 0.1) is 26.4 Å². The first-order valence-corrected chi connectivity index (χ1v) is 11.2. The SMILES string of the molecule is C=CCO[C@H]1O[C@H](CO)[C@@H](O)[C@@H]2OC(=O)N3C(=O)N(C(=O)O[C@H]4[C@H](O)[C@@H](CO)O[C@H](OCC=C)[C@@H]43)[C@@H]12. The standard InChI is InChI=1S/C21H28N2O13/c1-3-5-31-17-11-15(13(26)9(7-24)33-17)35-21(30)23-12-16(36-20(29)22(11)19(23)28)14(27)10(8-25)34-18(12)32-6-4-2/h3-4,9-18,24-27H,1-2,5-8H2/t9-,10-,11-,12-,13-,14-,15-,16-,17+,18+/m1/s1. The van der Waals surface area contributed by atoms with Crippen molar-refractivity contribution in [2.24, 2.45) is 0 Å². The number of fused-ring (bicyclic) bond motifs is 6. The third kappa shape index (κ3) is 4.37. The highest BCUT2D eigenvalue weighted by Gasteiger charge is 2.64. The zero-order valence-electron chi connectivity index (χ0n) is 19.0. The van der Waals surface area contributed by atoms with Gasteiger partial charge in [0.25, 0.3) is 0 Å². The van der Waals surface area contributed by atoms with E-state index in [1.807, 2.05) is 0 Å². The Morgan fingerprint density at radius 3 is 1.50 bits per heavy atom. The van der Waals surface area contributed by atoms with Crippen LogP contribution in [0, 0.1) is 0 Å². The molecule has 0 spiro atoms. The number of urea groups is 1. The predicted molar refractivity (Wildman–Crippen MR) is 113 cm³/mol. The van der Waals surface area contributed by atoms with Crippen LogP contribution in [0.2, 0.25) is 0 Å². The maximum atomic E-state index is 13.7. The average Bonchev–Trinajstić information content (AvgIpc) is 3.05. The highest BCUT2D eigenvalue weighted by Crippen LogP contribution is 2.38. The van der Waals surface area contributed by atoms with Gasteiger partial charge in [0.1, 0.15) is 36.5 Å². The van der Waals surface area contributed by atoms with Crippen LogP contribution in [-0.2, 0) is 28.4 Å². The molecule has 4 aliphatic rings. The molecule has 10 atom stereocenters. The molecule has 0 aliphatic carbocycles. The van der Waals surface area contributed by atoms with Crippen molar-refractivity contribution in [3.63, 3.8) is 0 Å². The van der Waals surface area contributed by atoms with Crippen molar-refractivity contribution >= 4 is 18.2 Å². The molecule has 15 heteroatoms. The van der Waals surface area contributed by atoms with Crippen molar-refractivity contribution in [3.05, 3.63) is 25.3 Å². The molecule has 0 unspecified atom stereocenters. The van der Waals surface area contributed by atoms with Gasteiger partial charge in [0, 0.05) is 0 Å². The summed E-state index contributed by atoms with van der Waals surface area (Å²) in [6.07, 6.45) is -11.9. The summed E-state index contributed by atoms with van der Waals surface area (Å²) in [7, 11) is 0. The van der Waals surface area contributed by atoms with Crippen molar-refractivity contribution < 1.29 is 63.2 Å². The fourth-order valence-electron chi connectivity index (χ4n) is 4.64. The molecule has 0 aromatic rings. The minimum atomic E-state index is -1.66. The van der Waals surface area contributed by atoms with Crippen LogP contribution in [0.4, 0.5) is 14.4 Å². The van der Waals surface area contributed by atoms with E-state index in [4.69, 9.17) is 28.4 Å². The van der Waals surface area contributed by atoms with E-state index < -0.39 is 92.7 Å². The molecular weight excluding hydrogens is 488 g/mol. The van der Waals surface area contributed by atoms with E-state index in [9.17, 15) is 34.8 Å². The van der Waals surface area contributed by atoms with Crippen LogP contribution in [0.3, 0.4) is 0 Å². The lowest BCUT2D eigenvalue weighted by Crippen LogP contribution is -2.66. The molecule has 0 radical (unpaired) electrons. The average molecular weight is 516 g/mol. The summed E-state index contributed by atoms with van der Waals surface area (Å²) in [4.78, 5) is 41.2. The van der Waals surface area contributed by atoms with Gasteiger partial charge in [-0.05, 0) is 0 Å². The monoisotopic (exact) mass is 516 g/mol. The quantitative estimate of drug-likeness (QED) is 0.260. The molecule has 36 heavy (non-hydrogen) atoms. The first-order valence-electron chi connectivity index (χ1n) is 11.2. The van der Waals surface area contributed by atoms with E-state index in [-0.39, 0.29) is 13.2 Å². The van der Waals surface area contributed by atoms with E-state index in [2.05, 4.69) is 13.2 Å². The molecular formula is C21H28N2O13. The molecule has 15 nitrogen and oxygen atoms in total. The Kier molecular flexibility index (Phi) is 7.91. The van der Waals surface area contributed by atoms with Crippen molar-refractivity contribution in [2.75, 3.05) is 26.4 Å². The van der Waals surface area contributed by atoms with Crippen LogP contribution < -0.4 is 0 Å². The summed E-state index contributed by atoms with van der Waals surface area (Å²) in [5, 5.41) is 40.8. The highest BCUT2D eigenvalue weighted by molar-refractivity contribution is 6.01. The van der Waals surface area contributed by atoms with Crippen LogP contribution in [-0.4, -0.2) is 136 Å². The number of hydrogen-bond acceptors (Lipinski definition) is 13. The smallest absolute Gasteiger partial charge is 0.419 e. The van der Waals surface area contributed by atoms with Crippen molar-refractivity contribution in [1.82, 2.24) is 9.80 Å². The lowest BCUT2D eigenvalue weighted by Gasteiger charge is -2.45.